The van der Waals surface area contributed by atoms with Gasteiger partial charge >= 0.3 is 23.9 Å². The summed E-state index contributed by atoms with van der Waals surface area (Å²) >= 11 is 0. The second-order valence-corrected chi connectivity index (χ2v) is 5.75. The Morgan fingerprint density at radius 1 is 1.08 bits per heavy atom. The second kappa shape index (κ2) is 6.66. The van der Waals surface area contributed by atoms with Gasteiger partial charge in [-0.25, -0.2) is 9.59 Å². The zero-order valence-corrected chi connectivity index (χ0v) is 12.9. The van der Waals surface area contributed by atoms with Gasteiger partial charge in [0.2, 0.25) is 0 Å². The van der Waals surface area contributed by atoms with E-state index in [1.165, 1.54) is 24.3 Å². The smallest absolute Gasteiger partial charge is 0.336 e. The van der Waals surface area contributed by atoms with Crippen LogP contribution in [0.2, 0.25) is 0 Å². The van der Waals surface area contributed by atoms with Gasteiger partial charge in [-0.2, -0.15) is 0 Å². The first-order valence-electron chi connectivity index (χ1n) is 7.24. The minimum Gasteiger partial charge on any atom is -0.478 e. The summed E-state index contributed by atoms with van der Waals surface area (Å²) in [5.74, 6) is -3.41. The van der Waals surface area contributed by atoms with E-state index in [9.17, 15) is 19.2 Å². The number of allylic oxidation sites excluding steroid dienone is 2. The number of carbonyl (C=O) groups excluding carboxylic acids is 2. The van der Waals surface area contributed by atoms with E-state index in [0.29, 0.717) is 12.8 Å². The number of rotatable bonds is 2. The lowest BCUT2D eigenvalue weighted by Gasteiger charge is -2.25. The average molecular weight is 332 g/mol. The van der Waals surface area contributed by atoms with E-state index >= 15 is 0 Å². The Labute approximate surface area is 137 Å². The van der Waals surface area contributed by atoms with Gasteiger partial charge in [0, 0.05) is 0 Å². The van der Waals surface area contributed by atoms with Gasteiger partial charge in [0.25, 0.3) is 0 Å². The Hall–Kier alpha value is -2.96. The van der Waals surface area contributed by atoms with Gasteiger partial charge in [0.15, 0.2) is 0 Å². The molecule has 0 radical (unpaired) electrons. The fourth-order valence-corrected chi connectivity index (χ4v) is 2.68. The SMILES string of the molecule is CC12CC=CCC1C(=O)OC2=O.O=C(O)c1ccccc1C(=O)O. The number of fused-ring (bicyclic) bond motifs is 1. The van der Waals surface area contributed by atoms with E-state index in [-0.39, 0.29) is 29.0 Å². The van der Waals surface area contributed by atoms with E-state index in [1.54, 1.807) is 6.92 Å². The average Bonchev–Trinajstić information content (AvgIpc) is 2.78. The minimum atomic E-state index is -1.23. The van der Waals surface area contributed by atoms with Crippen LogP contribution in [0.25, 0.3) is 0 Å². The first-order valence-corrected chi connectivity index (χ1v) is 7.24. The van der Waals surface area contributed by atoms with Crippen molar-refractivity contribution in [3.05, 3.63) is 47.5 Å². The Kier molecular flexibility index (Phi) is 4.82. The van der Waals surface area contributed by atoms with Crippen LogP contribution in [0.3, 0.4) is 0 Å². The van der Waals surface area contributed by atoms with Crippen LogP contribution in [0, 0.1) is 11.3 Å². The molecule has 2 N–H and O–H groups in total. The molecule has 0 saturated carbocycles. The molecule has 1 saturated heterocycles. The predicted octanol–water partition coefficient (Wildman–Crippen LogP) is 2.13. The zero-order chi connectivity index (χ0) is 17.9. The monoisotopic (exact) mass is 332 g/mol. The number of hydrogen-bond acceptors (Lipinski definition) is 5. The molecule has 0 amide bonds. The maximum absolute atomic E-state index is 11.3. The molecule has 1 heterocycles. The third-order valence-electron chi connectivity index (χ3n) is 4.18. The fourth-order valence-electron chi connectivity index (χ4n) is 2.68. The molecule has 1 aliphatic carbocycles. The second-order valence-electron chi connectivity index (χ2n) is 5.75. The number of carbonyl (C=O) groups is 4. The number of aromatic carboxylic acids is 2. The molecule has 2 atom stereocenters. The molecule has 1 aromatic carbocycles. The Morgan fingerprint density at radius 2 is 1.62 bits per heavy atom. The van der Waals surface area contributed by atoms with Gasteiger partial charge in [0.05, 0.1) is 22.5 Å². The van der Waals surface area contributed by atoms with Gasteiger partial charge in [0.1, 0.15) is 0 Å². The van der Waals surface area contributed by atoms with Crippen molar-refractivity contribution in [1.82, 2.24) is 0 Å². The number of esters is 2. The highest BCUT2D eigenvalue weighted by atomic mass is 16.6. The molecule has 126 valence electrons. The molecular weight excluding hydrogens is 316 g/mol. The maximum Gasteiger partial charge on any atom is 0.336 e. The number of carboxylic acids is 2. The molecule has 7 heteroatoms. The molecule has 2 unspecified atom stereocenters. The lowest BCUT2D eigenvalue weighted by atomic mass is 9.72. The van der Waals surface area contributed by atoms with Crippen LogP contribution in [0.1, 0.15) is 40.5 Å². The molecule has 7 nitrogen and oxygen atoms in total. The number of benzene rings is 1. The topological polar surface area (TPSA) is 118 Å². The number of hydrogen-bond donors (Lipinski definition) is 2. The summed E-state index contributed by atoms with van der Waals surface area (Å²) in [6, 6.07) is 5.48. The van der Waals surface area contributed by atoms with Crippen molar-refractivity contribution in [2.45, 2.75) is 19.8 Å². The van der Waals surface area contributed by atoms with Crippen molar-refractivity contribution < 1.29 is 34.1 Å². The molecule has 1 aromatic rings. The Balaban J connectivity index is 0.000000174. The Bertz CT molecular complexity index is 701. The van der Waals surface area contributed by atoms with Crippen molar-refractivity contribution >= 4 is 23.9 Å². The largest absolute Gasteiger partial charge is 0.478 e. The maximum atomic E-state index is 11.3. The molecule has 1 aliphatic heterocycles. The van der Waals surface area contributed by atoms with E-state index in [4.69, 9.17) is 10.2 Å². The van der Waals surface area contributed by atoms with Crippen LogP contribution < -0.4 is 0 Å². The zero-order valence-electron chi connectivity index (χ0n) is 12.9. The standard InChI is InChI=1S/C9H10O3.C8H6O4/c1-9-5-3-2-4-6(9)7(10)12-8(9)11;9-7(10)5-3-1-2-4-6(5)8(11)12/h2-3,6H,4-5H2,1H3;1-4H,(H,9,10)(H,11,12). The third kappa shape index (κ3) is 3.19. The Morgan fingerprint density at radius 3 is 2.08 bits per heavy atom. The van der Waals surface area contributed by atoms with Crippen LogP contribution >= 0.6 is 0 Å². The van der Waals surface area contributed by atoms with Crippen LogP contribution in [-0.4, -0.2) is 34.1 Å². The quantitative estimate of drug-likeness (QED) is 0.484. The minimum absolute atomic E-state index is 0.190. The summed E-state index contributed by atoms with van der Waals surface area (Å²) in [4.78, 5) is 43.3. The van der Waals surface area contributed by atoms with Crippen LogP contribution in [0.15, 0.2) is 36.4 Å². The predicted molar refractivity (Wildman–Crippen MR) is 81.4 cm³/mol. The van der Waals surface area contributed by atoms with Crippen LogP contribution in [0.5, 0.6) is 0 Å². The lowest BCUT2D eigenvalue weighted by Crippen LogP contribution is -2.31. The molecule has 0 bridgehead atoms. The van der Waals surface area contributed by atoms with E-state index in [0.717, 1.165) is 0 Å². The van der Waals surface area contributed by atoms with Gasteiger partial charge in [-0.1, -0.05) is 24.3 Å². The third-order valence-corrected chi connectivity index (χ3v) is 4.18. The lowest BCUT2D eigenvalue weighted by molar-refractivity contribution is -0.155. The number of ether oxygens (including phenoxy) is 1. The summed E-state index contributed by atoms with van der Waals surface area (Å²) in [6.45, 7) is 1.80. The van der Waals surface area contributed by atoms with E-state index < -0.39 is 17.4 Å². The van der Waals surface area contributed by atoms with Crippen LogP contribution in [-0.2, 0) is 14.3 Å². The highest BCUT2D eigenvalue weighted by molar-refractivity contribution is 6.01. The number of cyclic esters (lactones) is 2. The van der Waals surface area contributed by atoms with Crippen molar-refractivity contribution in [1.29, 1.82) is 0 Å². The first-order chi connectivity index (χ1) is 11.3. The normalized spacial score (nSPS) is 24.5. The van der Waals surface area contributed by atoms with Gasteiger partial charge in [-0.3, -0.25) is 9.59 Å². The molecule has 0 aromatic heterocycles. The van der Waals surface area contributed by atoms with E-state index in [2.05, 4.69) is 4.74 Å². The van der Waals surface area contributed by atoms with Crippen molar-refractivity contribution in [2.24, 2.45) is 11.3 Å². The molecule has 24 heavy (non-hydrogen) atoms. The fraction of sp³-hybridized carbons (Fsp3) is 0.294. The van der Waals surface area contributed by atoms with Gasteiger partial charge in [-0.05, 0) is 31.9 Å². The summed E-state index contributed by atoms with van der Waals surface area (Å²) in [6.07, 6.45) is 5.14. The summed E-state index contributed by atoms with van der Waals surface area (Å²) in [7, 11) is 0. The molecule has 1 fully saturated rings. The summed E-state index contributed by atoms with van der Waals surface area (Å²) in [5, 5.41) is 17.1. The highest BCUT2D eigenvalue weighted by Crippen LogP contribution is 2.44. The summed E-state index contributed by atoms with van der Waals surface area (Å²) in [5.41, 5.74) is -0.957. The molecule has 0 spiro atoms. The van der Waals surface area contributed by atoms with Crippen molar-refractivity contribution in [3.8, 4) is 0 Å². The molecular formula is C17H16O7. The highest BCUT2D eigenvalue weighted by Gasteiger charge is 2.53. The van der Waals surface area contributed by atoms with Gasteiger partial charge in [-0.15, -0.1) is 0 Å². The van der Waals surface area contributed by atoms with Gasteiger partial charge < -0.3 is 14.9 Å². The molecule has 2 aliphatic rings. The van der Waals surface area contributed by atoms with E-state index in [1.807, 2.05) is 12.2 Å². The van der Waals surface area contributed by atoms with Crippen molar-refractivity contribution in [3.63, 3.8) is 0 Å². The van der Waals surface area contributed by atoms with Crippen molar-refractivity contribution in [2.75, 3.05) is 0 Å². The first kappa shape index (κ1) is 17.4. The number of carboxylic acid groups (broad SMARTS) is 2. The van der Waals surface area contributed by atoms with Crippen LogP contribution in [0.4, 0.5) is 0 Å². The molecule has 3 rings (SSSR count). The summed E-state index contributed by atoms with van der Waals surface area (Å²) < 4.78 is 4.59.